The molecule has 20 heavy (non-hydrogen) atoms. The third-order valence-corrected chi connectivity index (χ3v) is 3.83. The van der Waals surface area contributed by atoms with E-state index in [-0.39, 0.29) is 6.04 Å². The van der Waals surface area contributed by atoms with Crippen molar-refractivity contribution in [2.24, 2.45) is 5.73 Å². The molecule has 1 atom stereocenters. The van der Waals surface area contributed by atoms with Crippen LogP contribution in [0.5, 0.6) is 11.5 Å². The van der Waals surface area contributed by atoms with Crippen molar-refractivity contribution in [2.45, 2.75) is 26.5 Å². The molecule has 3 nitrogen and oxygen atoms in total. The molecule has 1 aliphatic heterocycles. The molecule has 3 heteroatoms. The number of fused-ring (bicyclic) bond motifs is 1. The number of hydrogen-bond donors (Lipinski definition) is 1. The van der Waals surface area contributed by atoms with Gasteiger partial charge in [0.1, 0.15) is 24.7 Å². The van der Waals surface area contributed by atoms with Crippen molar-refractivity contribution in [1.29, 1.82) is 0 Å². The van der Waals surface area contributed by atoms with Gasteiger partial charge in [-0.1, -0.05) is 18.2 Å². The van der Waals surface area contributed by atoms with Crippen LogP contribution in [0.25, 0.3) is 0 Å². The predicted octanol–water partition coefficient (Wildman–Crippen LogP) is 3.27. The van der Waals surface area contributed by atoms with Gasteiger partial charge in [-0.25, -0.2) is 0 Å². The SMILES string of the molecule is Cc1cccc(C)c1COc1ccc2c(c1)OCC2N. The summed E-state index contributed by atoms with van der Waals surface area (Å²) in [5, 5.41) is 0. The Bertz CT molecular complexity index is 617. The molecule has 0 spiro atoms. The minimum Gasteiger partial charge on any atom is -0.491 e. The molecule has 0 aliphatic carbocycles. The Kier molecular flexibility index (Phi) is 3.36. The number of hydrogen-bond acceptors (Lipinski definition) is 3. The largest absolute Gasteiger partial charge is 0.491 e. The van der Waals surface area contributed by atoms with E-state index in [0.717, 1.165) is 17.1 Å². The van der Waals surface area contributed by atoms with Crippen LogP contribution in [-0.4, -0.2) is 6.61 Å². The summed E-state index contributed by atoms with van der Waals surface area (Å²) in [6, 6.07) is 12.1. The van der Waals surface area contributed by atoms with Crippen LogP contribution in [0.2, 0.25) is 0 Å². The summed E-state index contributed by atoms with van der Waals surface area (Å²) in [4.78, 5) is 0. The van der Waals surface area contributed by atoms with Crippen molar-refractivity contribution in [1.82, 2.24) is 0 Å². The quantitative estimate of drug-likeness (QED) is 0.930. The zero-order valence-corrected chi connectivity index (χ0v) is 11.8. The summed E-state index contributed by atoms with van der Waals surface area (Å²) in [5.41, 5.74) is 10.7. The Morgan fingerprint density at radius 2 is 1.95 bits per heavy atom. The molecular formula is C17H19NO2. The molecule has 0 radical (unpaired) electrons. The first-order valence-corrected chi connectivity index (χ1v) is 6.85. The Hall–Kier alpha value is -2.00. The highest BCUT2D eigenvalue weighted by Crippen LogP contribution is 2.34. The van der Waals surface area contributed by atoms with Crippen molar-refractivity contribution >= 4 is 0 Å². The summed E-state index contributed by atoms with van der Waals surface area (Å²) < 4.78 is 11.4. The van der Waals surface area contributed by atoms with E-state index in [9.17, 15) is 0 Å². The number of rotatable bonds is 3. The Morgan fingerprint density at radius 1 is 1.20 bits per heavy atom. The van der Waals surface area contributed by atoms with Gasteiger partial charge in [-0.3, -0.25) is 0 Å². The van der Waals surface area contributed by atoms with Crippen LogP contribution in [-0.2, 0) is 6.61 Å². The van der Waals surface area contributed by atoms with Crippen LogP contribution >= 0.6 is 0 Å². The maximum absolute atomic E-state index is 5.94. The van der Waals surface area contributed by atoms with E-state index < -0.39 is 0 Å². The van der Waals surface area contributed by atoms with Crippen LogP contribution in [0.15, 0.2) is 36.4 Å². The fourth-order valence-corrected chi connectivity index (χ4v) is 2.54. The van der Waals surface area contributed by atoms with Crippen LogP contribution in [0.4, 0.5) is 0 Å². The monoisotopic (exact) mass is 269 g/mol. The Morgan fingerprint density at radius 3 is 2.70 bits per heavy atom. The van der Waals surface area contributed by atoms with E-state index in [1.165, 1.54) is 16.7 Å². The smallest absolute Gasteiger partial charge is 0.127 e. The maximum atomic E-state index is 5.94. The summed E-state index contributed by atoms with van der Waals surface area (Å²) >= 11 is 0. The molecule has 0 aromatic heterocycles. The van der Waals surface area contributed by atoms with Crippen molar-refractivity contribution in [3.8, 4) is 11.5 Å². The van der Waals surface area contributed by atoms with E-state index >= 15 is 0 Å². The van der Waals surface area contributed by atoms with Crippen LogP contribution < -0.4 is 15.2 Å². The average molecular weight is 269 g/mol. The van der Waals surface area contributed by atoms with E-state index in [1.807, 2.05) is 18.2 Å². The molecular weight excluding hydrogens is 250 g/mol. The summed E-state index contributed by atoms with van der Waals surface area (Å²) in [6.45, 7) is 5.34. The van der Waals surface area contributed by atoms with Crippen LogP contribution in [0.1, 0.15) is 28.3 Å². The fourth-order valence-electron chi connectivity index (χ4n) is 2.54. The Balaban J connectivity index is 1.76. The van der Waals surface area contributed by atoms with Crippen LogP contribution in [0.3, 0.4) is 0 Å². The lowest BCUT2D eigenvalue weighted by molar-refractivity contribution is 0.299. The molecule has 3 rings (SSSR count). The van der Waals surface area contributed by atoms with E-state index in [1.54, 1.807) is 0 Å². The second-order valence-corrected chi connectivity index (χ2v) is 5.28. The lowest BCUT2D eigenvalue weighted by Gasteiger charge is -2.12. The third kappa shape index (κ3) is 2.37. The molecule has 0 amide bonds. The molecule has 1 heterocycles. The summed E-state index contributed by atoms with van der Waals surface area (Å²) in [6.07, 6.45) is 0. The van der Waals surface area contributed by atoms with Crippen molar-refractivity contribution < 1.29 is 9.47 Å². The second kappa shape index (κ2) is 5.17. The fraction of sp³-hybridized carbons (Fsp3) is 0.294. The second-order valence-electron chi connectivity index (χ2n) is 5.28. The van der Waals surface area contributed by atoms with Gasteiger partial charge in [0, 0.05) is 11.6 Å². The van der Waals surface area contributed by atoms with Gasteiger partial charge in [-0.2, -0.15) is 0 Å². The van der Waals surface area contributed by atoms with E-state index in [2.05, 4.69) is 32.0 Å². The van der Waals surface area contributed by atoms with Gasteiger partial charge >= 0.3 is 0 Å². The van der Waals surface area contributed by atoms with Crippen molar-refractivity contribution in [2.75, 3.05) is 6.61 Å². The zero-order chi connectivity index (χ0) is 14.1. The van der Waals surface area contributed by atoms with Gasteiger partial charge in [-0.05, 0) is 42.7 Å². The highest BCUT2D eigenvalue weighted by atomic mass is 16.5. The number of benzene rings is 2. The van der Waals surface area contributed by atoms with Crippen LogP contribution in [0, 0.1) is 13.8 Å². The van der Waals surface area contributed by atoms with Gasteiger partial charge in [0.15, 0.2) is 0 Å². The molecule has 104 valence electrons. The van der Waals surface area contributed by atoms with Gasteiger partial charge in [0.25, 0.3) is 0 Å². The number of nitrogens with two attached hydrogens (primary N) is 1. The standard InChI is InChI=1S/C17H19NO2/c1-11-4-3-5-12(2)15(11)9-19-13-6-7-14-16(18)10-20-17(14)8-13/h3-8,16H,9-10,18H2,1-2H3. The molecule has 2 aromatic carbocycles. The lowest BCUT2D eigenvalue weighted by Crippen LogP contribution is -2.10. The first kappa shape index (κ1) is 13.0. The molecule has 2 N–H and O–H groups in total. The molecule has 0 saturated heterocycles. The first-order valence-electron chi connectivity index (χ1n) is 6.85. The summed E-state index contributed by atoms with van der Waals surface area (Å²) in [7, 11) is 0. The topological polar surface area (TPSA) is 44.5 Å². The maximum Gasteiger partial charge on any atom is 0.127 e. The molecule has 2 aromatic rings. The summed E-state index contributed by atoms with van der Waals surface area (Å²) in [5.74, 6) is 1.66. The molecule has 0 bridgehead atoms. The zero-order valence-electron chi connectivity index (χ0n) is 11.8. The first-order chi connectivity index (χ1) is 9.65. The minimum absolute atomic E-state index is 0.0161. The van der Waals surface area contributed by atoms with E-state index in [0.29, 0.717) is 13.2 Å². The van der Waals surface area contributed by atoms with Crippen molar-refractivity contribution in [3.05, 3.63) is 58.7 Å². The Labute approximate surface area is 119 Å². The molecule has 1 unspecified atom stereocenters. The number of ether oxygens (including phenoxy) is 2. The third-order valence-electron chi connectivity index (χ3n) is 3.83. The van der Waals surface area contributed by atoms with E-state index in [4.69, 9.17) is 15.2 Å². The van der Waals surface area contributed by atoms with Gasteiger partial charge in [-0.15, -0.1) is 0 Å². The predicted molar refractivity (Wildman–Crippen MR) is 79.1 cm³/mol. The van der Waals surface area contributed by atoms with Gasteiger partial charge in [0.2, 0.25) is 0 Å². The molecule has 0 fully saturated rings. The normalized spacial score (nSPS) is 16.6. The molecule has 0 saturated carbocycles. The lowest BCUT2D eigenvalue weighted by atomic mass is 10.0. The highest BCUT2D eigenvalue weighted by Gasteiger charge is 2.20. The van der Waals surface area contributed by atoms with Crippen molar-refractivity contribution in [3.63, 3.8) is 0 Å². The highest BCUT2D eigenvalue weighted by molar-refractivity contribution is 5.45. The van der Waals surface area contributed by atoms with Gasteiger partial charge in [0.05, 0.1) is 6.04 Å². The average Bonchev–Trinajstić information content (AvgIpc) is 2.79. The minimum atomic E-state index is -0.0161. The van der Waals surface area contributed by atoms with Gasteiger partial charge < -0.3 is 15.2 Å². The molecule has 1 aliphatic rings. The number of aryl methyl sites for hydroxylation is 2.